The molecule has 0 amide bonds. The summed E-state index contributed by atoms with van der Waals surface area (Å²) in [6.45, 7) is 5.15. The maximum Gasteiger partial charge on any atom is 0.309 e. The van der Waals surface area contributed by atoms with E-state index in [1.807, 2.05) is 6.92 Å². The highest BCUT2D eigenvalue weighted by Gasteiger charge is 2.25. The van der Waals surface area contributed by atoms with E-state index in [1.165, 1.54) is 7.11 Å². The van der Waals surface area contributed by atoms with Crippen molar-refractivity contribution in [3.63, 3.8) is 0 Å². The molecule has 0 aromatic rings. The van der Waals surface area contributed by atoms with Crippen molar-refractivity contribution in [3.05, 3.63) is 0 Å². The number of carbonyl (C=O) groups excluding carboxylic acids is 2. The highest BCUT2D eigenvalue weighted by atomic mass is 16.5. The molecular formula is C15H27NO4. The number of ether oxygens (including phenoxy) is 2. The fourth-order valence-electron chi connectivity index (χ4n) is 2.63. The van der Waals surface area contributed by atoms with Gasteiger partial charge in [-0.25, -0.2) is 0 Å². The Bertz CT molecular complexity index is 306. The number of rotatable bonds is 8. The molecule has 1 atom stereocenters. The number of esters is 2. The molecule has 5 heteroatoms. The molecule has 0 radical (unpaired) electrons. The van der Waals surface area contributed by atoms with E-state index < -0.39 is 0 Å². The van der Waals surface area contributed by atoms with Crippen molar-refractivity contribution in [3.8, 4) is 0 Å². The molecule has 0 aliphatic carbocycles. The Morgan fingerprint density at radius 2 is 2.05 bits per heavy atom. The molecule has 0 aromatic heterocycles. The van der Waals surface area contributed by atoms with Crippen LogP contribution in [0.15, 0.2) is 0 Å². The minimum Gasteiger partial charge on any atom is -0.469 e. The van der Waals surface area contributed by atoms with Crippen LogP contribution in [0, 0.1) is 5.92 Å². The molecule has 1 rings (SSSR count). The SMILES string of the molecule is CCOC(=O)CCCCCN1CCC[C@H](C(=O)OC)C1. The van der Waals surface area contributed by atoms with Crippen molar-refractivity contribution in [2.75, 3.05) is 33.4 Å². The van der Waals surface area contributed by atoms with Gasteiger partial charge in [-0.15, -0.1) is 0 Å². The molecular weight excluding hydrogens is 258 g/mol. The van der Waals surface area contributed by atoms with E-state index in [0.29, 0.717) is 13.0 Å². The molecule has 5 nitrogen and oxygen atoms in total. The Kier molecular flexibility index (Phi) is 8.26. The van der Waals surface area contributed by atoms with Crippen LogP contribution in [0.2, 0.25) is 0 Å². The number of nitrogens with zero attached hydrogens (tertiary/aromatic N) is 1. The lowest BCUT2D eigenvalue weighted by Gasteiger charge is -2.31. The van der Waals surface area contributed by atoms with Crippen LogP contribution in [0.4, 0.5) is 0 Å². The normalized spacial score (nSPS) is 19.6. The number of likely N-dealkylation sites (tertiary alicyclic amines) is 1. The summed E-state index contributed by atoms with van der Waals surface area (Å²) in [5.41, 5.74) is 0. The van der Waals surface area contributed by atoms with Gasteiger partial charge in [0.15, 0.2) is 0 Å². The molecule has 0 unspecified atom stereocenters. The van der Waals surface area contributed by atoms with Gasteiger partial charge >= 0.3 is 11.9 Å². The quantitative estimate of drug-likeness (QED) is 0.504. The van der Waals surface area contributed by atoms with E-state index in [9.17, 15) is 9.59 Å². The lowest BCUT2D eigenvalue weighted by molar-refractivity contribution is -0.147. The molecule has 0 bridgehead atoms. The topological polar surface area (TPSA) is 55.8 Å². The molecule has 1 aliphatic heterocycles. The third-order valence-electron chi connectivity index (χ3n) is 3.70. The Balaban J connectivity index is 2.09. The van der Waals surface area contributed by atoms with Crippen LogP contribution < -0.4 is 0 Å². The molecule has 0 spiro atoms. The number of unbranched alkanes of at least 4 members (excludes halogenated alkanes) is 2. The Hall–Kier alpha value is -1.10. The van der Waals surface area contributed by atoms with Crippen LogP contribution in [-0.4, -0.2) is 50.2 Å². The third-order valence-corrected chi connectivity index (χ3v) is 3.70. The highest BCUT2D eigenvalue weighted by Crippen LogP contribution is 2.18. The third kappa shape index (κ3) is 6.37. The van der Waals surface area contributed by atoms with Crippen molar-refractivity contribution in [1.82, 2.24) is 4.90 Å². The maximum atomic E-state index is 11.5. The smallest absolute Gasteiger partial charge is 0.309 e. The highest BCUT2D eigenvalue weighted by molar-refractivity contribution is 5.72. The van der Waals surface area contributed by atoms with Gasteiger partial charge in [0.25, 0.3) is 0 Å². The summed E-state index contributed by atoms with van der Waals surface area (Å²) < 4.78 is 9.70. The molecule has 1 heterocycles. The van der Waals surface area contributed by atoms with Gasteiger partial charge in [-0.2, -0.15) is 0 Å². The number of hydrogen-bond acceptors (Lipinski definition) is 5. The van der Waals surface area contributed by atoms with Crippen LogP contribution in [0.25, 0.3) is 0 Å². The Labute approximate surface area is 121 Å². The van der Waals surface area contributed by atoms with Crippen molar-refractivity contribution < 1.29 is 19.1 Å². The first kappa shape index (κ1) is 17.0. The van der Waals surface area contributed by atoms with Crippen molar-refractivity contribution >= 4 is 11.9 Å². The standard InChI is InChI=1S/C15H27NO4/c1-3-20-14(17)9-5-4-6-10-16-11-7-8-13(12-16)15(18)19-2/h13H,3-12H2,1-2H3/t13-/m0/s1. The van der Waals surface area contributed by atoms with E-state index in [4.69, 9.17) is 9.47 Å². The lowest BCUT2D eigenvalue weighted by Crippen LogP contribution is -2.39. The summed E-state index contributed by atoms with van der Waals surface area (Å²) in [5, 5.41) is 0. The minimum absolute atomic E-state index is 0.0354. The maximum absolute atomic E-state index is 11.5. The van der Waals surface area contributed by atoms with Crippen molar-refractivity contribution in [2.45, 2.75) is 45.4 Å². The summed E-state index contributed by atoms with van der Waals surface area (Å²) in [6, 6.07) is 0. The van der Waals surface area contributed by atoms with Gasteiger partial charge in [-0.05, 0) is 45.7 Å². The lowest BCUT2D eigenvalue weighted by atomic mass is 9.98. The summed E-state index contributed by atoms with van der Waals surface area (Å²) in [6.07, 6.45) is 5.48. The summed E-state index contributed by atoms with van der Waals surface area (Å²) >= 11 is 0. The average Bonchev–Trinajstić information content (AvgIpc) is 2.46. The number of carbonyl (C=O) groups is 2. The zero-order chi connectivity index (χ0) is 14.8. The molecule has 0 saturated carbocycles. The van der Waals surface area contributed by atoms with E-state index in [0.717, 1.165) is 51.7 Å². The summed E-state index contributed by atoms with van der Waals surface area (Å²) in [7, 11) is 1.46. The van der Waals surface area contributed by atoms with Gasteiger partial charge in [0, 0.05) is 13.0 Å². The number of piperidine rings is 1. The first-order valence-corrected chi connectivity index (χ1v) is 7.63. The number of hydrogen-bond donors (Lipinski definition) is 0. The van der Waals surface area contributed by atoms with Gasteiger partial charge in [0.05, 0.1) is 19.6 Å². The fourth-order valence-corrected chi connectivity index (χ4v) is 2.63. The van der Waals surface area contributed by atoms with Gasteiger partial charge in [0.2, 0.25) is 0 Å². The molecule has 1 aliphatic rings. The minimum atomic E-state index is -0.101. The first-order valence-electron chi connectivity index (χ1n) is 7.63. The van der Waals surface area contributed by atoms with Gasteiger partial charge < -0.3 is 14.4 Å². The Morgan fingerprint density at radius 1 is 1.25 bits per heavy atom. The average molecular weight is 285 g/mol. The second-order valence-corrected chi connectivity index (χ2v) is 5.28. The molecule has 0 aromatic carbocycles. The number of methoxy groups -OCH3 is 1. The van der Waals surface area contributed by atoms with Crippen LogP contribution in [0.5, 0.6) is 0 Å². The second-order valence-electron chi connectivity index (χ2n) is 5.28. The summed E-state index contributed by atoms with van der Waals surface area (Å²) in [5.74, 6) is -0.151. The largest absolute Gasteiger partial charge is 0.469 e. The van der Waals surface area contributed by atoms with Crippen LogP contribution in [-0.2, 0) is 19.1 Å². The van der Waals surface area contributed by atoms with Crippen LogP contribution in [0.3, 0.4) is 0 Å². The van der Waals surface area contributed by atoms with E-state index in [1.54, 1.807) is 0 Å². The van der Waals surface area contributed by atoms with E-state index >= 15 is 0 Å². The van der Waals surface area contributed by atoms with E-state index in [2.05, 4.69) is 4.90 Å². The predicted molar refractivity (Wildman–Crippen MR) is 76.3 cm³/mol. The second kappa shape index (κ2) is 9.75. The first-order chi connectivity index (χ1) is 9.67. The van der Waals surface area contributed by atoms with Gasteiger partial charge in [-0.1, -0.05) is 6.42 Å². The molecule has 1 fully saturated rings. The van der Waals surface area contributed by atoms with Gasteiger partial charge in [0.1, 0.15) is 0 Å². The van der Waals surface area contributed by atoms with E-state index in [-0.39, 0.29) is 17.9 Å². The Morgan fingerprint density at radius 3 is 2.75 bits per heavy atom. The monoisotopic (exact) mass is 285 g/mol. The molecule has 1 saturated heterocycles. The molecule has 20 heavy (non-hydrogen) atoms. The van der Waals surface area contributed by atoms with Crippen molar-refractivity contribution in [2.24, 2.45) is 5.92 Å². The zero-order valence-corrected chi connectivity index (χ0v) is 12.7. The van der Waals surface area contributed by atoms with Gasteiger partial charge in [-0.3, -0.25) is 9.59 Å². The predicted octanol–water partition coefficient (Wildman–Crippen LogP) is 1.99. The molecule has 116 valence electrons. The van der Waals surface area contributed by atoms with Crippen LogP contribution >= 0.6 is 0 Å². The fraction of sp³-hybridized carbons (Fsp3) is 0.867. The van der Waals surface area contributed by atoms with Crippen molar-refractivity contribution in [1.29, 1.82) is 0 Å². The zero-order valence-electron chi connectivity index (χ0n) is 12.7. The van der Waals surface area contributed by atoms with Crippen LogP contribution in [0.1, 0.15) is 45.4 Å². The summed E-state index contributed by atoms with van der Waals surface area (Å²) in [4.78, 5) is 25.0. The molecule has 0 N–H and O–H groups in total.